The van der Waals surface area contributed by atoms with Gasteiger partial charge in [0.1, 0.15) is 5.76 Å². The summed E-state index contributed by atoms with van der Waals surface area (Å²) in [5.41, 5.74) is 1.93. The summed E-state index contributed by atoms with van der Waals surface area (Å²) in [7, 11) is 3.55. The Labute approximate surface area is 184 Å². The molecule has 0 aliphatic heterocycles. The maximum atomic E-state index is 12.4. The monoisotopic (exact) mass is 426 g/mol. The number of amides is 1. The van der Waals surface area contributed by atoms with Crippen molar-refractivity contribution < 1.29 is 13.9 Å². The van der Waals surface area contributed by atoms with Gasteiger partial charge in [-0.2, -0.15) is 0 Å². The third-order valence-corrected chi connectivity index (χ3v) is 6.01. The van der Waals surface area contributed by atoms with Crippen LogP contribution in [0.25, 0.3) is 0 Å². The summed E-state index contributed by atoms with van der Waals surface area (Å²) < 4.78 is 10.6. The van der Waals surface area contributed by atoms with E-state index in [1.807, 2.05) is 30.3 Å². The van der Waals surface area contributed by atoms with Crippen LogP contribution < -0.4 is 16.0 Å². The Morgan fingerprint density at radius 3 is 2.68 bits per heavy atom. The molecule has 1 heterocycles. The number of nitrogens with one attached hydrogen (secondary N) is 3. The third-order valence-electron chi connectivity index (χ3n) is 6.01. The minimum atomic E-state index is -0.123. The van der Waals surface area contributed by atoms with Gasteiger partial charge in [-0.3, -0.25) is 9.79 Å². The van der Waals surface area contributed by atoms with Gasteiger partial charge in [0.2, 0.25) is 0 Å². The van der Waals surface area contributed by atoms with E-state index in [9.17, 15) is 4.79 Å². The number of methoxy groups -OCH3 is 1. The second-order valence-corrected chi connectivity index (χ2v) is 8.19. The fourth-order valence-corrected chi connectivity index (χ4v) is 4.14. The van der Waals surface area contributed by atoms with E-state index in [4.69, 9.17) is 9.15 Å². The molecule has 2 aromatic rings. The van der Waals surface area contributed by atoms with Crippen LogP contribution in [-0.4, -0.2) is 39.2 Å². The molecule has 7 heteroatoms. The number of guanidine groups is 1. The molecule has 0 unspecified atom stereocenters. The van der Waals surface area contributed by atoms with Crippen molar-refractivity contribution in [3.8, 4) is 0 Å². The van der Waals surface area contributed by atoms with Gasteiger partial charge in [0.15, 0.2) is 5.96 Å². The summed E-state index contributed by atoms with van der Waals surface area (Å²) in [5, 5.41) is 9.74. The number of rotatable bonds is 10. The van der Waals surface area contributed by atoms with Crippen LogP contribution >= 0.6 is 0 Å². The van der Waals surface area contributed by atoms with Crippen molar-refractivity contribution in [1.82, 2.24) is 16.0 Å². The van der Waals surface area contributed by atoms with E-state index < -0.39 is 0 Å². The Morgan fingerprint density at radius 1 is 1.13 bits per heavy atom. The number of hydrogen-bond acceptors (Lipinski definition) is 4. The lowest BCUT2D eigenvalue weighted by Gasteiger charge is -2.30. The average Bonchev–Trinajstić information content (AvgIpc) is 3.49. The second-order valence-electron chi connectivity index (χ2n) is 8.19. The van der Waals surface area contributed by atoms with E-state index in [1.54, 1.807) is 26.5 Å². The number of hydrogen-bond donors (Lipinski definition) is 3. The molecule has 1 fully saturated rings. The van der Waals surface area contributed by atoms with Gasteiger partial charge in [-0.15, -0.1) is 0 Å². The highest BCUT2D eigenvalue weighted by atomic mass is 16.5. The number of carbonyl (C=O) groups excluding carboxylic acids is 1. The van der Waals surface area contributed by atoms with Gasteiger partial charge in [0.05, 0.1) is 12.8 Å². The number of benzene rings is 1. The zero-order valence-electron chi connectivity index (χ0n) is 18.6. The normalized spacial score (nSPS) is 15.6. The van der Waals surface area contributed by atoms with Crippen LogP contribution in [0.15, 0.2) is 52.1 Å². The van der Waals surface area contributed by atoms with Crippen LogP contribution in [0.5, 0.6) is 0 Å². The summed E-state index contributed by atoms with van der Waals surface area (Å²) in [6.07, 6.45) is 7.70. The first-order chi connectivity index (χ1) is 15.1. The summed E-state index contributed by atoms with van der Waals surface area (Å²) in [6, 6.07) is 11.3. The number of carbonyl (C=O) groups is 1. The quantitative estimate of drug-likeness (QED) is 0.400. The molecular weight excluding hydrogens is 392 g/mol. The maximum absolute atomic E-state index is 12.4. The molecule has 0 spiro atoms. The van der Waals surface area contributed by atoms with E-state index in [0.717, 1.165) is 36.9 Å². The molecule has 7 nitrogen and oxygen atoms in total. The van der Waals surface area contributed by atoms with Crippen molar-refractivity contribution in [2.45, 2.75) is 45.2 Å². The lowest BCUT2D eigenvalue weighted by Crippen LogP contribution is -2.43. The largest absolute Gasteiger partial charge is 0.467 e. The van der Waals surface area contributed by atoms with Gasteiger partial charge < -0.3 is 25.1 Å². The fourth-order valence-electron chi connectivity index (χ4n) is 4.14. The highest BCUT2D eigenvalue weighted by Gasteiger charge is 2.33. The summed E-state index contributed by atoms with van der Waals surface area (Å²) in [5.74, 6) is 1.38. The van der Waals surface area contributed by atoms with Crippen LogP contribution in [0.3, 0.4) is 0 Å². The van der Waals surface area contributed by atoms with Crippen molar-refractivity contribution in [2.24, 2.45) is 10.4 Å². The molecule has 1 aliphatic carbocycles. The molecule has 1 aromatic carbocycles. The topological polar surface area (TPSA) is 87.9 Å². The number of aliphatic imine (C=N–C) groups is 1. The van der Waals surface area contributed by atoms with Gasteiger partial charge in [-0.1, -0.05) is 25.0 Å². The molecule has 3 N–H and O–H groups in total. The maximum Gasteiger partial charge on any atom is 0.251 e. The highest BCUT2D eigenvalue weighted by molar-refractivity contribution is 5.94. The lowest BCUT2D eigenvalue weighted by molar-refractivity contribution is 0.0948. The molecule has 0 saturated heterocycles. The smallest absolute Gasteiger partial charge is 0.251 e. The number of furan rings is 1. The van der Waals surface area contributed by atoms with Crippen LogP contribution in [0, 0.1) is 5.41 Å². The van der Waals surface area contributed by atoms with Crippen LogP contribution in [0.1, 0.15) is 53.8 Å². The molecule has 1 aliphatic rings. The van der Waals surface area contributed by atoms with Gasteiger partial charge in [-0.05, 0) is 54.5 Å². The second kappa shape index (κ2) is 11.6. The Bertz CT molecular complexity index is 842. The van der Waals surface area contributed by atoms with Crippen LogP contribution in [0.4, 0.5) is 0 Å². The van der Waals surface area contributed by atoms with Gasteiger partial charge >= 0.3 is 0 Å². The fraction of sp³-hybridized carbons (Fsp3) is 0.500. The lowest BCUT2D eigenvalue weighted by atomic mass is 9.83. The molecule has 0 radical (unpaired) electrons. The van der Waals surface area contributed by atoms with Gasteiger partial charge in [0, 0.05) is 39.4 Å². The predicted octanol–water partition coefficient (Wildman–Crippen LogP) is 3.47. The average molecular weight is 427 g/mol. The molecular formula is C24H34N4O3. The molecule has 31 heavy (non-hydrogen) atoms. The molecule has 1 saturated carbocycles. The third kappa shape index (κ3) is 6.85. The predicted molar refractivity (Wildman–Crippen MR) is 122 cm³/mol. The first kappa shape index (κ1) is 22.9. The number of nitrogens with zero attached hydrogens (tertiary/aromatic N) is 1. The standard InChI is InChI=1S/C24H34N4O3/c1-25-23(28-18-24(12-14-30-2)10-3-4-11-24)27-16-19-7-5-8-20(15-19)22(29)26-17-21-9-6-13-31-21/h5-9,13,15H,3-4,10-12,14,16-18H2,1-2H3,(H,26,29)(H2,25,27,28). The van der Waals surface area contributed by atoms with E-state index in [0.29, 0.717) is 24.1 Å². The van der Waals surface area contributed by atoms with Crippen molar-refractivity contribution in [3.05, 3.63) is 59.5 Å². The molecule has 0 bridgehead atoms. The Kier molecular flexibility index (Phi) is 8.53. The zero-order valence-corrected chi connectivity index (χ0v) is 18.6. The molecule has 3 rings (SSSR count). The highest BCUT2D eigenvalue weighted by Crippen LogP contribution is 2.40. The molecule has 168 valence electrons. The summed E-state index contributed by atoms with van der Waals surface area (Å²) in [6.45, 7) is 2.65. The number of ether oxygens (including phenoxy) is 1. The Morgan fingerprint density at radius 2 is 1.97 bits per heavy atom. The minimum absolute atomic E-state index is 0.123. The van der Waals surface area contributed by atoms with E-state index >= 15 is 0 Å². The summed E-state index contributed by atoms with van der Waals surface area (Å²) in [4.78, 5) is 16.8. The van der Waals surface area contributed by atoms with Crippen molar-refractivity contribution in [3.63, 3.8) is 0 Å². The van der Waals surface area contributed by atoms with Crippen LogP contribution in [-0.2, 0) is 17.8 Å². The van der Waals surface area contributed by atoms with Gasteiger partial charge in [0.25, 0.3) is 5.91 Å². The van der Waals surface area contributed by atoms with E-state index in [-0.39, 0.29) is 5.91 Å². The van der Waals surface area contributed by atoms with E-state index in [1.165, 1.54) is 25.7 Å². The van der Waals surface area contributed by atoms with Crippen molar-refractivity contribution >= 4 is 11.9 Å². The van der Waals surface area contributed by atoms with Gasteiger partial charge in [-0.25, -0.2) is 0 Å². The minimum Gasteiger partial charge on any atom is -0.467 e. The molecule has 1 aromatic heterocycles. The summed E-state index contributed by atoms with van der Waals surface area (Å²) >= 11 is 0. The van der Waals surface area contributed by atoms with Crippen molar-refractivity contribution in [1.29, 1.82) is 0 Å². The van der Waals surface area contributed by atoms with Crippen LogP contribution in [0.2, 0.25) is 0 Å². The first-order valence-electron chi connectivity index (χ1n) is 11.0. The SMILES string of the molecule is CN=C(NCc1cccc(C(=O)NCc2ccco2)c1)NCC1(CCOC)CCCC1. The van der Waals surface area contributed by atoms with Crippen molar-refractivity contribution in [2.75, 3.05) is 27.3 Å². The Hall–Kier alpha value is -2.80. The molecule has 0 atom stereocenters. The zero-order chi connectivity index (χ0) is 21.9. The van der Waals surface area contributed by atoms with E-state index in [2.05, 4.69) is 20.9 Å². The Balaban J connectivity index is 1.50. The first-order valence-corrected chi connectivity index (χ1v) is 11.0. The molecule has 1 amide bonds.